The molecule has 0 amide bonds. The van der Waals surface area contributed by atoms with Gasteiger partial charge in [-0.15, -0.1) is 0 Å². The molecule has 0 radical (unpaired) electrons. The van der Waals surface area contributed by atoms with Crippen LogP contribution in [0.25, 0.3) is 0 Å². The Balaban J connectivity index is 2.22. The largest absolute Gasteiger partial charge is 0.232 e. The highest BCUT2D eigenvalue weighted by atomic mass is 35.7. The van der Waals surface area contributed by atoms with Crippen LogP contribution < -0.4 is 0 Å². The average Bonchev–Trinajstić information content (AvgIpc) is 2.02. The Morgan fingerprint density at radius 2 is 1.75 bits per heavy atom. The molecule has 0 N–H and O–H groups in total. The minimum atomic E-state index is -3.25. The van der Waals surface area contributed by atoms with Gasteiger partial charge in [0.1, 0.15) is 0 Å². The molecule has 0 spiro atoms. The van der Waals surface area contributed by atoms with Gasteiger partial charge in [0, 0.05) is 10.7 Å². The summed E-state index contributed by atoms with van der Waals surface area (Å²) in [6, 6.07) is 0. The van der Waals surface area contributed by atoms with Crippen LogP contribution in [0.2, 0.25) is 0 Å². The predicted molar refractivity (Wildman–Crippen MR) is 50.8 cm³/mol. The van der Waals surface area contributed by atoms with Crippen LogP contribution in [0.1, 0.15) is 38.5 Å². The van der Waals surface area contributed by atoms with E-state index in [9.17, 15) is 8.42 Å². The number of halogens is 1. The predicted octanol–water partition coefficient (Wildman–Crippen LogP) is 2.53. The molecule has 72 valence electrons. The summed E-state index contributed by atoms with van der Waals surface area (Å²) < 4.78 is 21.3. The second-order valence-corrected chi connectivity index (χ2v) is 6.43. The normalized spacial score (nSPS) is 21.1. The molecule has 1 saturated carbocycles. The van der Waals surface area contributed by atoms with Gasteiger partial charge >= 0.3 is 0 Å². The molecule has 0 atom stereocenters. The minimum absolute atomic E-state index is 0.152. The van der Waals surface area contributed by atoms with E-state index in [1.54, 1.807) is 0 Å². The topological polar surface area (TPSA) is 34.1 Å². The van der Waals surface area contributed by atoms with Crippen LogP contribution in [0, 0.1) is 5.92 Å². The lowest BCUT2D eigenvalue weighted by Gasteiger charge is -2.20. The standard InChI is InChI=1S/C8H15ClO2S/c9-12(10,11)7-6-8-4-2-1-3-5-8/h8H,1-7H2. The molecule has 1 aliphatic rings. The molecule has 0 aromatic rings. The molecule has 4 heteroatoms. The number of hydrogen-bond acceptors (Lipinski definition) is 2. The van der Waals surface area contributed by atoms with Crippen molar-refractivity contribution in [2.24, 2.45) is 5.92 Å². The molecular formula is C8H15ClO2S. The average molecular weight is 211 g/mol. The molecule has 1 fully saturated rings. The van der Waals surface area contributed by atoms with Crippen LogP contribution in [0.4, 0.5) is 0 Å². The highest BCUT2D eigenvalue weighted by Crippen LogP contribution is 2.26. The highest BCUT2D eigenvalue weighted by molar-refractivity contribution is 8.13. The van der Waals surface area contributed by atoms with E-state index in [0.29, 0.717) is 5.92 Å². The monoisotopic (exact) mass is 210 g/mol. The lowest BCUT2D eigenvalue weighted by atomic mass is 9.88. The maximum atomic E-state index is 10.6. The molecule has 12 heavy (non-hydrogen) atoms. The molecule has 0 bridgehead atoms. The second-order valence-electron chi connectivity index (χ2n) is 3.54. The van der Waals surface area contributed by atoms with E-state index in [0.717, 1.165) is 6.42 Å². The number of rotatable bonds is 3. The van der Waals surface area contributed by atoms with E-state index in [-0.39, 0.29) is 5.75 Å². The zero-order valence-electron chi connectivity index (χ0n) is 7.13. The summed E-state index contributed by atoms with van der Waals surface area (Å²) in [5.41, 5.74) is 0. The van der Waals surface area contributed by atoms with Crippen LogP contribution in [0.3, 0.4) is 0 Å². The zero-order chi connectivity index (χ0) is 9.03. The lowest BCUT2D eigenvalue weighted by molar-refractivity contribution is 0.350. The molecule has 0 aliphatic heterocycles. The molecule has 0 aromatic carbocycles. The van der Waals surface area contributed by atoms with Gasteiger partial charge in [-0.05, 0) is 12.3 Å². The van der Waals surface area contributed by atoms with Crippen LogP contribution >= 0.6 is 10.7 Å². The smallest absolute Gasteiger partial charge is 0.212 e. The summed E-state index contributed by atoms with van der Waals surface area (Å²) >= 11 is 0. The van der Waals surface area contributed by atoms with Gasteiger partial charge in [0.25, 0.3) is 0 Å². The van der Waals surface area contributed by atoms with Crippen molar-refractivity contribution in [1.29, 1.82) is 0 Å². The van der Waals surface area contributed by atoms with Crippen molar-refractivity contribution >= 4 is 19.7 Å². The number of hydrogen-bond donors (Lipinski definition) is 0. The lowest BCUT2D eigenvalue weighted by Crippen LogP contribution is -2.10. The Morgan fingerprint density at radius 1 is 1.17 bits per heavy atom. The zero-order valence-corrected chi connectivity index (χ0v) is 8.70. The Morgan fingerprint density at radius 3 is 2.25 bits per heavy atom. The summed E-state index contributed by atoms with van der Waals surface area (Å²) in [5.74, 6) is 0.756. The SMILES string of the molecule is O=S(=O)(Cl)CCC1CCCCC1. The van der Waals surface area contributed by atoms with Crippen molar-refractivity contribution in [3.63, 3.8) is 0 Å². The van der Waals surface area contributed by atoms with E-state index in [1.165, 1.54) is 32.1 Å². The summed E-state index contributed by atoms with van der Waals surface area (Å²) in [4.78, 5) is 0. The third-order valence-corrected chi connectivity index (χ3v) is 3.68. The summed E-state index contributed by atoms with van der Waals surface area (Å²) in [6.07, 6.45) is 6.95. The van der Waals surface area contributed by atoms with Crippen molar-refractivity contribution in [3.05, 3.63) is 0 Å². The first-order valence-electron chi connectivity index (χ1n) is 4.50. The summed E-state index contributed by atoms with van der Waals surface area (Å²) in [6.45, 7) is 0. The molecule has 0 unspecified atom stereocenters. The van der Waals surface area contributed by atoms with Crippen molar-refractivity contribution in [2.75, 3.05) is 5.75 Å². The van der Waals surface area contributed by atoms with Gasteiger partial charge < -0.3 is 0 Å². The molecule has 2 nitrogen and oxygen atoms in total. The molecule has 0 aromatic heterocycles. The van der Waals surface area contributed by atoms with Gasteiger partial charge in [0.2, 0.25) is 9.05 Å². The highest BCUT2D eigenvalue weighted by Gasteiger charge is 2.15. The fourth-order valence-electron chi connectivity index (χ4n) is 1.78. The van der Waals surface area contributed by atoms with Gasteiger partial charge in [0.05, 0.1) is 5.75 Å². The molecule has 0 saturated heterocycles. The summed E-state index contributed by atoms with van der Waals surface area (Å²) in [5, 5.41) is 0. The molecule has 1 rings (SSSR count). The first-order valence-corrected chi connectivity index (χ1v) is 6.98. The Labute approximate surface area is 78.7 Å². The van der Waals surface area contributed by atoms with E-state index < -0.39 is 9.05 Å². The van der Waals surface area contributed by atoms with Crippen molar-refractivity contribution in [3.8, 4) is 0 Å². The van der Waals surface area contributed by atoms with E-state index >= 15 is 0 Å². The quantitative estimate of drug-likeness (QED) is 0.671. The van der Waals surface area contributed by atoms with E-state index in [2.05, 4.69) is 0 Å². The van der Waals surface area contributed by atoms with Crippen LogP contribution in [0.5, 0.6) is 0 Å². The van der Waals surface area contributed by atoms with Gasteiger partial charge in [-0.2, -0.15) is 0 Å². The van der Waals surface area contributed by atoms with Gasteiger partial charge in [-0.3, -0.25) is 0 Å². The first kappa shape index (κ1) is 10.3. The molecule has 1 aliphatic carbocycles. The third kappa shape index (κ3) is 4.31. The fourth-order valence-corrected chi connectivity index (χ4v) is 2.67. The van der Waals surface area contributed by atoms with Crippen molar-refractivity contribution < 1.29 is 8.42 Å². The fraction of sp³-hybridized carbons (Fsp3) is 1.00. The molecular weight excluding hydrogens is 196 g/mol. The van der Waals surface area contributed by atoms with Crippen LogP contribution in [-0.2, 0) is 9.05 Å². The molecule has 0 heterocycles. The van der Waals surface area contributed by atoms with Crippen molar-refractivity contribution in [2.45, 2.75) is 38.5 Å². The van der Waals surface area contributed by atoms with Crippen LogP contribution in [-0.4, -0.2) is 14.2 Å². The maximum absolute atomic E-state index is 10.6. The third-order valence-electron chi connectivity index (χ3n) is 2.49. The van der Waals surface area contributed by atoms with Crippen molar-refractivity contribution in [1.82, 2.24) is 0 Å². The van der Waals surface area contributed by atoms with E-state index in [1.807, 2.05) is 0 Å². The first-order chi connectivity index (χ1) is 5.58. The maximum Gasteiger partial charge on any atom is 0.232 e. The van der Waals surface area contributed by atoms with Gasteiger partial charge in [-0.1, -0.05) is 32.1 Å². The second kappa shape index (κ2) is 4.47. The minimum Gasteiger partial charge on any atom is -0.212 e. The van der Waals surface area contributed by atoms with Crippen LogP contribution in [0.15, 0.2) is 0 Å². The van der Waals surface area contributed by atoms with Gasteiger partial charge in [-0.25, -0.2) is 8.42 Å². The Bertz CT molecular complexity index is 217. The Hall–Kier alpha value is 0.240. The van der Waals surface area contributed by atoms with Gasteiger partial charge in [0.15, 0.2) is 0 Å². The van der Waals surface area contributed by atoms with E-state index in [4.69, 9.17) is 10.7 Å². The summed E-state index contributed by atoms with van der Waals surface area (Å²) in [7, 11) is 1.87. The Kier molecular flexibility index (Phi) is 3.84.